The van der Waals surface area contributed by atoms with Crippen molar-refractivity contribution in [1.29, 1.82) is 0 Å². The lowest BCUT2D eigenvalue weighted by Gasteiger charge is -2.12. The lowest BCUT2D eigenvalue weighted by molar-refractivity contribution is 0.222. The van der Waals surface area contributed by atoms with Gasteiger partial charge in [0.2, 0.25) is 0 Å². The van der Waals surface area contributed by atoms with Gasteiger partial charge in [0.15, 0.2) is 5.65 Å². The van der Waals surface area contributed by atoms with Gasteiger partial charge < -0.3 is 15.2 Å². The zero-order valence-corrected chi connectivity index (χ0v) is 14.9. The van der Waals surface area contributed by atoms with Crippen LogP contribution >= 0.6 is 0 Å². The first-order valence-electron chi connectivity index (χ1n) is 8.97. The molecule has 1 fully saturated rings. The number of aromatic hydroxyl groups is 1. The molecular formula is C20H19N5O2. The number of hydrogen-bond donors (Lipinski definition) is 2. The topological polar surface area (TPSA) is 85.1 Å². The number of ether oxygens (including phenoxy) is 1. The second-order valence-electron chi connectivity index (χ2n) is 6.88. The highest BCUT2D eigenvalue weighted by molar-refractivity contribution is 5.88. The second kappa shape index (κ2) is 6.21. The molecule has 1 atom stereocenters. The third-order valence-electron chi connectivity index (χ3n) is 4.85. The number of pyridine rings is 2. The van der Waals surface area contributed by atoms with Crippen LogP contribution in [0.4, 0.5) is 0 Å². The van der Waals surface area contributed by atoms with Gasteiger partial charge in [-0.05, 0) is 37.2 Å². The molecule has 2 N–H and O–H groups in total. The van der Waals surface area contributed by atoms with Crippen LogP contribution in [0.5, 0.6) is 11.5 Å². The predicted molar refractivity (Wildman–Crippen MR) is 103 cm³/mol. The molecule has 1 aliphatic heterocycles. The highest BCUT2D eigenvalue weighted by Crippen LogP contribution is 2.33. The Hall–Kier alpha value is -3.19. The van der Waals surface area contributed by atoms with Gasteiger partial charge in [-0.1, -0.05) is 0 Å². The zero-order valence-electron chi connectivity index (χ0n) is 14.9. The normalized spacial score (nSPS) is 17.0. The van der Waals surface area contributed by atoms with Crippen LogP contribution in [0.3, 0.4) is 0 Å². The molecule has 1 aromatic carbocycles. The fourth-order valence-corrected chi connectivity index (χ4v) is 3.52. The van der Waals surface area contributed by atoms with E-state index in [0.29, 0.717) is 16.9 Å². The van der Waals surface area contributed by atoms with Crippen molar-refractivity contribution in [3.63, 3.8) is 0 Å². The van der Waals surface area contributed by atoms with E-state index in [1.165, 1.54) is 0 Å². The summed E-state index contributed by atoms with van der Waals surface area (Å²) < 4.78 is 7.69. The minimum Gasteiger partial charge on any atom is -0.507 e. The molecule has 7 heteroatoms. The van der Waals surface area contributed by atoms with E-state index in [0.717, 1.165) is 41.5 Å². The number of nitrogens with zero attached hydrogens (tertiary/aromatic N) is 4. The van der Waals surface area contributed by atoms with Gasteiger partial charge in [0.05, 0.1) is 17.4 Å². The van der Waals surface area contributed by atoms with Gasteiger partial charge in [-0.25, -0.2) is 9.97 Å². The van der Waals surface area contributed by atoms with Crippen molar-refractivity contribution >= 4 is 21.9 Å². The molecule has 136 valence electrons. The fraction of sp³-hybridized carbons (Fsp3) is 0.250. The van der Waals surface area contributed by atoms with Crippen LogP contribution in [0.2, 0.25) is 0 Å². The number of benzene rings is 1. The molecule has 0 bridgehead atoms. The van der Waals surface area contributed by atoms with E-state index in [9.17, 15) is 5.11 Å². The number of hydrogen-bond acceptors (Lipinski definition) is 6. The predicted octanol–water partition coefficient (Wildman–Crippen LogP) is 2.63. The molecule has 3 aromatic heterocycles. The molecule has 7 nitrogen and oxygen atoms in total. The molecule has 0 aliphatic carbocycles. The van der Waals surface area contributed by atoms with Crippen molar-refractivity contribution in [2.75, 3.05) is 13.1 Å². The van der Waals surface area contributed by atoms with Crippen LogP contribution < -0.4 is 10.1 Å². The Morgan fingerprint density at radius 2 is 2.15 bits per heavy atom. The van der Waals surface area contributed by atoms with Crippen molar-refractivity contribution in [3.05, 3.63) is 42.7 Å². The van der Waals surface area contributed by atoms with Gasteiger partial charge in [-0.3, -0.25) is 4.68 Å². The second-order valence-corrected chi connectivity index (χ2v) is 6.88. The molecule has 0 spiro atoms. The van der Waals surface area contributed by atoms with Gasteiger partial charge in [0.1, 0.15) is 17.6 Å². The number of aryl methyl sites for hydroxylation is 1. The highest BCUT2D eigenvalue weighted by atomic mass is 16.5. The first-order valence-corrected chi connectivity index (χ1v) is 8.97. The summed E-state index contributed by atoms with van der Waals surface area (Å²) in [6.07, 6.45) is 4.83. The minimum absolute atomic E-state index is 0.154. The van der Waals surface area contributed by atoms with E-state index in [4.69, 9.17) is 4.74 Å². The van der Waals surface area contributed by atoms with Crippen molar-refractivity contribution in [3.8, 4) is 22.8 Å². The number of nitrogens with one attached hydrogen (secondary N) is 1. The Morgan fingerprint density at radius 1 is 1.22 bits per heavy atom. The molecule has 27 heavy (non-hydrogen) atoms. The average molecular weight is 361 g/mol. The summed E-state index contributed by atoms with van der Waals surface area (Å²) in [4.78, 5) is 9.08. The third kappa shape index (κ3) is 2.96. The molecule has 4 aromatic rings. The van der Waals surface area contributed by atoms with E-state index in [1.54, 1.807) is 16.9 Å². The maximum absolute atomic E-state index is 10.4. The maximum Gasteiger partial charge on any atom is 0.160 e. The molecule has 4 heterocycles. The lowest BCUT2D eigenvalue weighted by Crippen LogP contribution is -2.19. The van der Waals surface area contributed by atoms with Crippen LogP contribution in [0.15, 0.2) is 42.7 Å². The largest absolute Gasteiger partial charge is 0.507 e. The van der Waals surface area contributed by atoms with Gasteiger partial charge in [0, 0.05) is 42.2 Å². The molecule has 1 unspecified atom stereocenters. The van der Waals surface area contributed by atoms with Gasteiger partial charge in [0.25, 0.3) is 0 Å². The average Bonchev–Trinajstić information content (AvgIpc) is 3.29. The number of aromatic nitrogens is 4. The van der Waals surface area contributed by atoms with Gasteiger partial charge in [-0.15, -0.1) is 0 Å². The van der Waals surface area contributed by atoms with E-state index in [-0.39, 0.29) is 11.9 Å². The number of fused-ring (bicyclic) bond motifs is 2. The summed E-state index contributed by atoms with van der Waals surface area (Å²) in [5.74, 6) is 0.909. The fourth-order valence-electron chi connectivity index (χ4n) is 3.52. The lowest BCUT2D eigenvalue weighted by atomic mass is 10.1. The molecule has 0 radical (unpaired) electrons. The molecule has 1 aliphatic rings. The molecule has 5 rings (SSSR count). The number of phenols is 1. The van der Waals surface area contributed by atoms with Crippen LogP contribution in [-0.2, 0) is 7.05 Å². The van der Waals surface area contributed by atoms with Gasteiger partial charge >= 0.3 is 0 Å². The first kappa shape index (κ1) is 16.0. The van der Waals surface area contributed by atoms with Crippen molar-refractivity contribution in [2.24, 2.45) is 7.05 Å². The summed E-state index contributed by atoms with van der Waals surface area (Å²) in [5.41, 5.74) is 2.71. The summed E-state index contributed by atoms with van der Waals surface area (Å²) in [5, 5.41) is 19.9. The standard InChI is InChI=1S/C20H19N5O2/c1-25-11-13-7-16(19(26)8-18(13)24-25)17-3-2-12-6-15(10-22-20(12)23-17)27-14-4-5-21-9-14/h2-3,6-8,10-11,14,21,26H,4-5,9H2,1H3. The quantitative estimate of drug-likeness (QED) is 0.583. The Bertz CT molecular complexity index is 1150. The van der Waals surface area contributed by atoms with Crippen LogP contribution in [-0.4, -0.2) is 44.0 Å². The molecular weight excluding hydrogens is 342 g/mol. The number of phenolic OH excluding ortho intramolecular Hbond substituents is 1. The van der Waals surface area contributed by atoms with Crippen molar-refractivity contribution in [2.45, 2.75) is 12.5 Å². The number of rotatable bonds is 3. The van der Waals surface area contributed by atoms with E-state index >= 15 is 0 Å². The SMILES string of the molecule is Cn1cc2cc(-c3ccc4cc(OC5CCNC5)cnc4n3)c(O)cc2n1. The Kier molecular flexibility index (Phi) is 3.68. The van der Waals surface area contributed by atoms with E-state index in [1.807, 2.05) is 37.5 Å². The van der Waals surface area contributed by atoms with Crippen LogP contribution in [0.25, 0.3) is 33.2 Å². The van der Waals surface area contributed by atoms with E-state index in [2.05, 4.69) is 20.4 Å². The molecule has 0 amide bonds. The summed E-state index contributed by atoms with van der Waals surface area (Å²) in [6, 6.07) is 9.37. The van der Waals surface area contributed by atoms with Crippen molar-refractivity contribution < 1.29 is 9.84 Å². The monoisotopic (exact) mass is 361 g/mol. The summed E-state index contributed by atoms with van der Waals surface area (Å²) in [7, 11) is 1.86. The molecule has 1 saturated heterocycles. The van der Waals surface area contributed by atoms with Crippen molar-refractivity contribution in [1.82, 2.24) is 25.1 Å². The zero-order chi connectivity index (χ0) is 18.4. The van der Waals surface area contributed by atoms with Crippen LogP contribution in [0, 0.1) is 0 Å². The van der Waals surface area contributed by atoms with E-state index < -0.39 is 0 Å². The minimum atomic E-state index is 0.154. The first-order chi connectivity index (χ1) is 13.2. The Balaban J connectivity index is 1.51. The third-order valence-corrected chi connectivity index (χ3v) is 4.85. The summed E-state index contributed by atoms with van der Waals surface area (Å²) in [6.45, 7) is 1.85. The summed E-state index contributed by atoms with van der Waals surface area (Å²) >= 11 is 0. The van der Waals surface area contributed by atoms with Crippen LogP contribution in [0.1, 0.15) is 6.42 Å². The Morgan fingerprint density at radius 3 is 3.00 bits per heavy atom. The van der Waals surface area contributed by atoms with Gasteiger partial charge in [-0.2, -0.15) is 5.10 Å². The molecule has 0 saturated carbocycles. The smallest absolute Gasteiger partial charge is 0.160 e. The Labute approximate surface area is 155 Å². The maximum atomic E-state index is 10.4. The highest BCUT2D eigenvalue weighted by Gasteiger charge is 2.16.